The molecule has 0 unspecified atom stereocenters. The van der Waals surface area contributed by atoms with Crippen molar-refractivity contribution >= 4 is 22.8 Å². The van der Waals surface area contributed by atoms with Gasteiger partial charge in [-0.2, -0.15) is 0 Å². The van der Waals surface area contributed by atoms with Gasteiger partial charge in [0.1, 0.15) is 0 Å². The van der Waals surface area contributed by atoms with E-state index in [0.29, 0.717) is 30.4 Å². The fourth-order valence-corrected chi connectivity index (χ4v) is 4.03. The summed E-state index contributed by atoms with van der Waals surface area (Å²) in [6, 6.07) is 13.1. The highest BCUT2D eigenvalue weighted by Crippen LogP contribution is 2.27. The molecule has 0 spiro atoms. The Kier molecular flexibility index (Phi) is 6.58. The molecule has 168 valence electrons. The van der Waals surface area contributed by atoms with Crippen LogP contribution < -0.4 is 25.2 Å². The van der Waals surface area contributed by atoms with Crippen molar-refractivity contribution in [2.75, 3.05) is 32.2 Å². The summed E-state index contributed by atoms with van der Waals surface area (Å²) in [5, 5.41) is 2.92. The van der Waals surface area contributed by atoms with E-state index in [1.54, 1.807) is 18.8 Å². The highest BCUT2D eigenvalue weighted by molar-refractivity contribution is 5.78. The van der Waals surface area contributed by atoms with Crippen molar-refractivity contribution in [1.29, 1.82) is 0 Å². The van der Waals surface area contributed by atoms with Gasteiger partial charge >= 0.3 is 0 Å². The van der Waals surface area contributed by atoms with Crippen LogP contribution in [0.4, 0.5) is 5.82 Å². The lowest BCUT2D eigenvalue weighted by Crippen LogP contribution is -2.33. The zero-order chi connectivity index (χ0) is 22.5. The van der Waals surface area contributed by atoms with Gasteiger partial charge in [-0.3, -0.25) is 9.59 Å². The van der Waals surface area contributed by atoms with E-state index in [1.165, 1.54) is 0 Å². The van der Waals surface area contributed by atoms with Crippen molar-refractivity contribution in [3.05, 3.63) is 58.4 Å². The maximum atomic E-state index is 13.2. The summed E-state index contributed by atoms with van der Waals surface area (Å²) in [5.74, 6) is 1.60. The first-order valence-electron chi connectivity index (χ1n) is 10.8. The van der Waals surface area contributed by atoms with E-state index in [4.69, 9.17) is 9.47 Å². The van der Waals surface area contributed by atoms with E-state index >= 15 is 0 Å². The van der Waals surface area contributed by atoms with Gasteiger partial charge in [0.05, 0.1) is 25.3 Å². The molecular weight excluding hydrogens is 408 g/mol. The molecule has 0 bridgehead atoms. The highest BCUT2D eigenvalue weighted by Gasteiger charge is 2.20. The number of aromatic nitrogens is 2. The van der Waals surface area contributed by atoms with E-state index in [9.17, 15) is 9.59 Å². The van der Waals surface area contributed by atoms with Gasteiger partial charge in [-0.1, -0.05) is 18.2 Å². The monoisotopic (exact) mass is 436 g/mol. The molecule has 0 aliphatic carbocycles. The molecular formula is C24H28N4O4. The van der Waals surface area contributed by atoms with Gasteiger partial charge in [-0.25, -0.2) is 4.98 Å². The van der Waals surface area contributed by atoms with Crippen LogP contribution in [-0.2, 0) is 17.9 Å². The van der Waals surface area contributed by atoms with Crippen LogP contribution in [0.3, 0.4) is 0 Å². The van der Waals surface area contributed by atoms with Crippen LogP contribution >= 0.6 is 0 Å². The van der Waals surface area contributed by atoms with Crippen molar-refractivity contribution in [3.63, 3.8) is 0 Å². The Morgan fingerprint density at radius 1 is 1.06 bits per heavy atom. The molecule has 1 aromatic heterocycles. The lowest BCUT2D eigenvalue weighted by molar-refractivity contribution is -0.121. The average Bonchev–Trinajstić information content (AvgIpc) is 3.36. The Bertz CT molecular complexity index is 1170. The number of hydrogen-bond donors (Lipinski definition) is 1. The Morgan fingerprint density at radius 2 is 1.81 bits per heavy atom. The summed E-state index contributed by atoms with van der Waals surface area (Å²) in [6.45, 7) is 2.34. The zero-order valence-electron chi connectivity index (χ0n) is 18.5. The topological polar surface area (TPSA) is 85.7 Å². The quantitative estimate of drug-likeness (QED) is 0.584. The number of para-hydroxylation sites is 2. The number of rotatable bonds is 8. The third-order valence-corrected chi connectivity index (χ3v) is 5.74. The second-order valence-electron chi connectivity index (χ2n) is 7.79. The summed E-state index contributed by atoms with van der Waals surface area (Å²) in [5.41, 5.74) is 2.27. The van der Waals surface area contributed by atoms with Crippen LogP contribution in [0.15, 0.2) is 47.3 Å². The molecule has 0 radical (unpaired) electrons. The van der Waals surface area contributed by atoms with Crippen LogP contribution in [0.1, 0.15) is 24.8 Å². The van der Waals surface area contributed by atoms with Gasteiger partial charge in [0.25, 0.3) is 5.56 Å². The average molecular weight is 437 g/mol. The molecule has 1 saturated heterocycles. The number of carbonyl (C=O) groups is 1. The van der Waals surface area contributed by atoms with E-state index in [2.05, 4.69) is 10.3 Å². The molecule has 1 N–H and O–H groups in total. The fourth-order valence-electron chi connectivity index (χ4n) is 4.03. The number of hydrogen-bond acceptors (Lipinski definition) is 6. The Balaban J connectivity index is 1.47. The van der Waals surface area contributed by atoms with Crippen LogP contribution in [0.2, 0.25) is 0 Å². The fraction of sp³-hybridized carbons (Fsp3) is 0.375. The highest BCUT2D eigenvalue weighted by atomic mass is 16.5. The van der Waals surface area contributed by atoms with Crippen molar-refractivity contribution in [3.8, 4) is 11.5 Å². The summed E-state index contributed by atoms with van der Waals surface area (Å²) < 4.78 is 12.2. The summed E-state index contributed by atoms with van der Waals surface area (Å²) in [4.78, 5) is 32.4. The molecule has 8 nitrogen and oxygen atoms in total. The Morgan fingerprint density at radius 3 is 2.56 bits per heavy atom. The molecule has 0 saturated carbocycles. The minimum atomic E-state index is -0.140. The number of nitrogens with one attached hydrogen (secondary N) is 1. The second-order valence-corrected chi connectivity index (χ2v) is 7.79. The Hall–Kier alpha value is -3.55. The largest absolute Gasteiger partial charge is 0.493 e. The maximum absolute atomic E-state index is 13.2. The van der Waals surface area contributed by atoms with E-state index < -0.39 is 0 Å². The smallest absolute Gasteiger partial charge is 0.294 e. The molecule has 2 heterocycles. The summed E-state index contributed by atoms with van der Waals surface area (Å²) >= 11 is 0. The van der Waals surface area contributed by atoms with Crippen molar-refractivity contribution in [2.45, 2.75) is 32.4 Å². The number of carbonyl (C=O) groups excluding carboxylic acids is 1. The van der Waals surface area contributed by atoms with Crippen molar-refractivity contribution in [1.82, 2.24) is 14.9 Å². The van der Waals surface area contributed by atoms with Gasteiger partial charge in [-0.15, -0.1) is 0 Å². The standard InChI is InChI=1S/C24H28N4O4/c1-31-20-10-9-17(15-21(20)32-2)16-25-22(29)11-14-28-19-8-4-3-7-18(19)26-23(24(28)30)27-12-5-6-13-27/h3-4,7-10,15H,5-6,11-14,16H2,1-2H3,(H,25,29). The molecule has 4 rings (SSSR count). The molecule has 1 amide bonds. The van der Waals surface area contributed by atoms with E-state index in [1.807, 2.05) is 47.4 Å². The van der Waals surface area contributed by atoms with Gasteiger partial charge in [0.2, 0.25) is 5.91 Å². The third kappa shape index (κ3) is 4.54. The second kappa shape index (κ2) is 9.72. The maximum Gasteiger partial charge on any atom is 0.294 e. The number of amides is 1. The molecule has 8 heteroatoms. The molecule has 2 aromatic carbocycles. The van der Waals surface area contributed by atoms with Crippen LogP contribution in [-0.4, -0.2) is 42.8 Å². The predicted molar refractivity (Wildman–Crippen MR) is 123 cm³/mol. The first-order valence-corrected chi connectivity index (χ1v) is 10.8. The van der Waals surface area contributed by atoms with E-state index in [0.717, 1.165) is 42.5 Å². The van der Waals surface area contributed by atoms with E-state index in [-0.39, 0.29) is 17.9 Å². The molecule has 0 atom stereocenters. The Labute approximate surface area is 186 Å². The minimum absolute atomic E-state index is 0.129. The van der Waals surface area contributed by atoms with Gasteiger partial charge in [0.15, 0.2) is 17.3 Å². The SMILES string of the molecule is COc1ccc(CNC(=O)CCn2c(=O)c(N3CCCC3)nc3ccccc32)cc1OC. The predicted octanol–water partition coefficient (Wildman–Crippen LogP) is 2.72. The number of anilines is 1. The third-order valence-electron chi connectivity index (χ3n) is 5.74. The van der Waals surface area contributed by atoms with Crippen molar-refractivity contribution in [2.24, 2.45) is 0 Å². The lowest BCUT2D eigenvalue weighted by Gasteiger charge is -2.19. The van der Waals surface area contributed by atoms with Crippen molar-refractivity contribution < 1.29 is 14.3 Å². The van der Waals surface area contributed by atoms with Crippen LogP contribution in [0.5, 0.6) is 11.5 Å². The summed E-state index contributed by atoms with van der Waals surface area (Å²) in [6.07, 6.45) is 2.32. The lowest BCUT2D eigenvalue weighted by atomic mass is 10.2. The molecule has 32 heavy (non-hydrogen) atoms. The molecule has 1 fully saturated rings. The first-order chi connectivity index (χ1) is 15.6. The van der Waals surface area contributed by atoms with Gasteiger partial charge < -0.3 is 24.3 Å². The molecule has 1 aliphatic rings. The van der Waals surface area contributed by atoms with Gasteiger partial charge in [-0.05, 0) is 42.7 Å². The number of fused-ring (bicyclic) bond motifs is 1. The molecule has 1 aliphatic heterocycles. The molecule has 3 aromatic rings. The number of methoxy groups -OCH3 is 2. The normalized spacial score (nSPS) is 13.4. The van der Waals surface area contributed by atoms with Gasteiger partial charge in [0, 0.05) is 32.6 Å². The summed E-state index contributed by atoms with van der Waals surface area (Å²) in [7, 11) is 3.16. The minimum Gasteiger partial charge on any atom is -0.493 e. The number of benzene rings is 2. The number of nitrogens with zero attached hydrogens (tertiary/aromatic N) is 3. The van der Waals surface area contributed by atoms with Crippen LogP contribution in [0.25, 0.3) is 11.0 Å². The number of aryl methyl sites for hydroxylation is 1. The zero-order valence-corrected chi connectivity index (χ0v) is 18.5. The first kappa shape index (κ1) is 21.7. The number of ether oxygens (including phenoxy) is 2. The van der Waals surface area contributed by atoms with Crippen LogP contribution in [0, 0.1) is 0 Å².